The molecule has 1 aliphatic carbocycles. The van der Waals surface area contributed by atoms with Crippen LogP contribution in [0.2, 0.25) is 0 Å². The van der Waals surface area contributed by atoms with E-state index < -0.39 is 0 Å². The molecule has 0 saturated heterocycles. The minimum atomic E-state index is 0.595. The topological polar surface area (TPSA) is 52.0 Å². The molecular weight excluding hydrogens is 268 g/mol. The van der Waals surface area contributed by atoms with Crippen LogP contribution in [0.1, 0.15) is 23.1 Å². The highest BCUT2D eigenvalue weighted by Gasteiger charge is 2.21. The molecule has 2 nitrogen and oxygen atoms in total. The van der Waals surface area contributed by atoms with Crippen molar-refractivity contribution in [1.29, 1.82) is 0 Å². The zero-order valence-electron chi connectivity index (χ0n) is 12.8. The molecule has 0 aliphatic heterocycles. The zero-order chi connectivity index (χ0) is 15.1. The quantitative estimate of drug-likeness (QED) is 0.710. The summed E-state index contributed by atoms with van der Waals surface area (Å²) >= 11 is 0. The van der Waals surface area contributed by atoms with E-state index in [1.807, 2.05) is 0 Å². The number of hydrogen-bond donors (Lipinski definition) is 2. The number of hydrogen-bond acceptors (Lipinski definition) is 2. The van der Waals surface area contributed by atoms with Gasteiger partial charge in [-0.25, -0.2) is 0 Å². The van der Waals surface area contributed by atoms with Gasteiger partial charge in [0, 0.05) is 6.54 Å². The summed E-state index contributed by atoms with van der Waals surface area (Å²) in [5.41, 5.74) is 16.2. The Hall–Kier alpha value is -1.90. The van der Waals surface area contributed by atoms with Crippen LogP contribution in [0.5, 0.6) is 0 Å². The SMILES string of the molecule is NCc1cc2ccccc2c2ccc3c(c12)CCC(CN)C3. The summed E-state index contributed by atoms with van der Waals surface area (Å²) in [5.74, 6) is 0.631. The van der Waals surface area contributed by atoms with E-state index in [4.69, 9.17) is 11.5 Å². The number of aryl methyl sites for hydroxylation is 1. The predicted molar refractivity (Wildman–Crippen MR) is 93.9 cm³/mol. The fraction of sp³-hybridized carbons (Fsp3) is 0.300. The summed E-state index contributed by atoms with van der Waals surface area (Å²) in [7, 11) is 0. The average molecular weight is 290 g/mol. The van der Waals surface area contributed by atoms with Crippen molar-refractivity contribution in [1.82, 2.24) is 0 Å². The molecule has 0 amide bonds. The van der Waals surface area contributed by atoms with Crippen LogP contribution < -0.4 is 11.5 Å². The van der Waals surface area contributed by atoms with E-state index in [0.29, 0.717) is 12.5 Å². The van der Waals surface area contributed by atoms with Crippen molar-refractivity contribution in [2.45, 2.75) is 25.8 Å². The largest absolute Gasteiger partial charge is 0.330 e. The Labute approximate surface area is 131 Å². The first-order chi connectivity index (χ1) is 10.8. The van der Waals surface area contributed by atoms with E-state index >= 15 is 0 Å². The normalized spacial score (nSPS) is 17.8. The van der Waals surface area contributed by atoms with Crippen LogP contribution in [-0.4, -0.2) is 6.54 Å². The maximum Gasteiger partial charge on any atom is 0.0184 e. The third-order valence-electron chi connectivity index (χ3n) is 5.18. The van der Waals surface area contributed by atoms with Gasteiger partial charge in [-0.1, -0.05) is 36.4 Å². The number of benzene rings is 3. The third kappa shape index (κ3) is 2.03. The molecule has 4 N–H and O–H groups in total. The molecule has 1 atom stereocenters. The minimum absolute atomic E-state index is 0.595. The van der Waals surface area contributed by atoms with Crippen LogP contribution in [-0.2, 0) is 19.4 Å². The molecule has 0 radical (unpaired) electrons. The first-order valence-corrected chi connectivity index (χ1v) is 8.17. The second kappa shape index (κ2) is 5.38. The summed E-state index contributed by atoms with van der Waals surface area (Å²) in [4.78, 5) is 0. The molecule has 4 rings (SSSR count). The zero-order valence-corrected chi connectivity index (χ0v) is 12.8. The molecule has 1 aliphatic rings. The van der Waals surface area contributed by atoms with Gasteiger partial charge in [0.25, 0.3) is 0 Å². The van der Waals surface area contributed by atoms with Gasteiger partial charge in [-0.3, -0.25) is 0 Å². The molecule has 2 heteroatoms. The van der Waals surface area contributed by atoms with Crippen LogP contribution in [0.25, 0.3) is 21.5 Å². The number of rotatable bonds is 2. The second-order valence-electron chi connectivity index (χ2n) is 6.43. The van der Waals surface area contributed by atoms with E-state index in [1.54, 1.807) is 0 Å². The first-order valence-electron chi connectivity index (χ1n) is 8.17. The standard InChI is InChI=1S/C20H22N2/c21-11-13-5-7-18-15(9-13)6-8-19-17-4-2-1-3-14(17)10-16(12-22)20(18)19/h1-4,6,8,10,13H,5,7,9,11-12,21-22H2. The van der Waals surface area contributed by atoms with Crippen molar-refractivity contribution in [3.05, 3.63) is 59.2 Å². The van der Waals surface area contributed by atoms with Crippen LogP contribution >= 0.6 is 0 Å². The highest BCUT2D eigenvalue weighted by molar-refractivity contribution is 6.10. The molecule has 0 fully saturated rings. The molecule has 22 heavy (non-hydrogen) atoms. The molecular formula is C20H22N2. The summed E-state index contributed by atoms with van der Waals surface area (Å²) in [5, 5.41) is 5.36. The van der Waals surface area contributed by atoms with Crippen molar-refractivity contribution >= 4 is 21.5 Å². The predicted octanol–water partition coefficient (Wildman–Crippen LogP) is 3.52. The lowest BCUT2D eigenvalue weighted by atomic mass is 9.80. The number of nitrogens with two attached hydrogens (primary N) is 2. The van der Waals surface area contributed by atoms with Gasteiger partial charge in [-0.05, 0) is 76.0 Å². The summed E-state index contributed by atoms with van der Waals surface area (Å²) in [6.45, 7) is 1.39. The fourth-order valence-electron chi connectivity index (χ4n) is 4.01. The first kappa shape index (κ1) is 13.7. The highest BCUT2D eigenvalue weighted by Crippen LogP contribution is 2.36. The van der Waals surface area contributed by atoms with Gasteiger partial charge in [-0.15, -0.1) is 0 Å². The van der Waals surface area contributed by atoms with E-state index in [-0.39, 0.29) is 0 Å². The van der Waals surface area contributed by atoms with Crippen molar-refractivity contribution in [2.75, 3.05) is 6.54 Å². The van der Waals surface area contributed by atoms with Crippen molar-refractivity contribution in [3.63, 3.8) is 0 Å². The van der Waals surface area contributed by atoms with Crippen molar-refractivity contribution in [3.8, 4) is 0 Å². The van der Waals surface area contributed by atoms with Gasteiger partial charge in [0.1, 0.15) is 0 Å². The minimum Gasteiger partial charge on any atom is -0.330 e. The van der Waals surface area contributed by atoms with E-state index in [2.05, 4.69) is 42.5 Å². The Morgan fingerprint density at radius 3 is 2.68 bits per heavy atom. The fourth-order valence-corrected chi connectivity index (χ4v) is 4.01. The smallest absolute Gasteiger partial charge is 0.0184 e. The Bertz CT molecular complexity index is 851. The Morgan fingerprint density at radius 1 is 1.00 bits per heavy atom. The van der Waals surface area contributed by atoms with Gasteiger partial charge in [0.2, 0.25) is 0 Å². The molecule has 0 saturated carbocycles. The molecule has 0 spiro atoms. The molecule has 112 valence electrons. The van der Waals surface area contributed by atoms with E-state index in [9.17, 15) is 0 Å². The highest BCUT2D eigenvalue weighted by atomic mass is 14.6. The van der Waals surface area contributed by atoms with Gasteiger partial charge in [0.05, 0.1) is 0 Å². The van der Waals surface area contributed by atoms with Gasteiger partial charge >= 0.3 is 0 Å². The maximum absolute atomic E-state index is 6.07. The van der Waals surface area contributed by atoms with Gasteiger partial charge < -0.3 is 11.5 Å². The van der Waals surface area contributed by atoms with Crippen LogP contribution in [0.4, 0.5) is 0 Å². The van der Waals surface area contributed by atoms with E-state index in [0.717, 1.165) is 19.4 Å². The molecule has 0 aromatic heterocycles. The maximum atomic E-state index is 6.07. The lowest BCUT2D eigenvalue weighted by Gasteiger charge is -2.26. The summed E-state index contributed by atoms with van der Waals surface area (Å²) in [6, 6.07) is 15.5. The van der Waals surface area contributed by atoms with Crippen molar-refractivity contribution < 1.29 is 0 Å². The van der Waals surface area contributed by atoms with Gasteiger partial charge in [-0.2, -0.15) is 0 Å². The Balaban J connectivity index is 2.05. The van der Waals surface area contributed by atoms with Crippen molar-refractivity contribution in [2.24, 2.45) is 17.4 Å². The average Bonchev–Trinajstić information content (AvgIpc) is 2.59. The second-order valence-corrected chi connectivity index (χ2v) is 6.43. The molecule has 3 aromatic rings. The molecule has 0 bridgehead atoms. The Kier molecular flexibility index (Phi) is 3.36. The van der Waals surface area contributed by atoms with E-state index in [1.165, 1.54) is 44.7 Å². The third-order valence-corrected chi connectivity index (χ3v) is 5.18. The van der Waals surface area contributed by atoms with Gasteiger partial charge in [0.15, 0.2) is 0 Å². The lowest BCUT2D eigenvalue weighted by Crippen LogP contribution is -2.22. The molecule has 0 heterocycles. The lowest BCUT2D eigenvalue weighted by molar-refractivity contribution is 0.470. The molecule has 3 aromatic carbocycles. The number of fused-ring (bicyclic) bond motifs is 5. The van der Waals surface area contributed by atoms with Crippen LogP contribution in [0, 0.1) is 5.92 Å². The monoisotopic (exact) mass is 290 g/mol. The summed E-state index contributed by atoms with van der Waals surface area (Å²) in [6.07, 6.45) is 3.43. The van der Waals surface area contributed by atoms with Crippen LogP contribution in [0.3, 0.4) is 0 Å². The van der Waals surface area contributed by atoms with Crippen LogP contribution in [0.15, 0.2) is 42.5 Å². The molecule has 1 unspecified atom stereocenters. The Morgan fingerprint density at radius 2 is 1.86 bits per heavy atom. The summed E-state index contributed by atoms with van der Waals surface area (Å²) < 4.78 is 0.